The number of nitriles is 1. The van der Waals surface area contributed by atoms with Gasteiger partial charge in [0.1, 0.15) is 23.8 Å². The number of benzene rings is 2. The molecular formula is C24H24N4O4. The van der Waals surface area contributed by atoms with E-state index in [4.69, 9.17) is 14.7 Å². The molecule has 3 aromatic rings. The van der Waals surface area contributed by atoms with E-state index in [1.165, 1.54) is 21.7 Å². The normalized spacial score (nSPS) is 10.2. The van der Waals surface area contributed by atoms with Crippen molar-refractivity contribution in [2.24, 2.45) is 0 Å². The monoisotopic (exact) mass is 432 g/mol. The number of carbonyl (C=O) groups excluding carboxylic acids is 1. The third kappa shape index (κ3) is 5.95. The van der Waals surface area contributed by atoms with Crippen LogP contribution in [0.5, 0.6) is 11.5 Å². The fourth-order valence-electron chi connectivity index (χ4n) is 3.03. The molecule has 0 aliphatic carbocycles. The Bertz CT molecular complexity index is 1120. The van der Waals surface area contributed by atoms with Crippen molar-refractivity contribution in [3.63, 3.8) is 0 Å². The minimum absolute atomic E-state index is 0.108. The molecule has 0 bridgehead atoms. The number of hydrogen-bond donors (Lipinski definition) is 0. The molecule has 0 aliphatic rings. The third-order valence-corrected chi connectivity index (χ3v) is 4.55. The van der Waals surface area contributed by atoms with Crippen molar-refractivity contribution in [3.05, 3.63) is 82.8 Å². The second-order valence-corrected chi connectivity index (χ2v) is 6.73. The molecule has 164 valence electrons. The molecule has 0 spiro atoms. The van der Waals surface area contributed by atoms with E-state index in [1.54, 1.807) is 24.3 Å². The zero-order chi connectivity index (χ0) is 22.8. The largest absolute Gasteiger partial charge is 0.494 e. The summed E-state index contributed by atoms with van der Waals surface area (Å²) < 4.78 is 12.3. The molecule has 32 heavy (non-hydrogen) atoms. The average Bonchev–Trinajstić information content (AvgIpc) is 2.82. The maximum atomic E-state index is 13.2. The molecule has 1 heterocycles. The number of para-hydroxylation sites is 1. The third-order valence-electron chi connectivity index (χ3n) is 4.55. The lowest BCUT2D eigenvalue weighted by atomic mass is 10.2. The highest BCUT2D eigenvalue weighted by Gasteiger charge is 2.20. The van der Waals surface area contributed by atoms with Crippen LogP contribution in [0.4, 0.5) is 5.69 Å². The van der Waals surface area contributed by atoms with Gasteiger partial charge in [-0.3, -0.25) is 9.59 Å². The molecule has 1 amide bonds. The number of nitrogens with zero attached hydrogens (tertiary/aromatic N) is 4. The van der Waals surface area contributed by atoms with Crippen LogP contribution in [0, 0.1) is 11.3 Å². The van der Waals surface area contributed by atoms with Gasteiger partial charge in [0.05, 0.1) is 25.6 Å². The maximum absolute atomic E-state index is 13.2. The van der Waals surface area contributed by atoms with Crippen LogP contribution < -0.4 is 19.9 Å². The van der Waals surface area contributed by atoms with Crippen molar-refractivity contribution >= 4 is 11.6 Å². The minimum atomic E-state index is -0.401. The SMILES string of the molecule is CCOc1ccc(N(CCC#N)C(=O)c2ccc(=O)n(CCOc3ccccc3)n2)cc1. The first-order valence-electron chi connectivity index (χ1n) is 10.3. The summed E-state index contributed by atoms with van der Waals surface area (Å²) in [7, 11) is 0. The van der Waals surface area contributed by atoms with Gasteiger partial charge in [0.25, 0.3) is 11.5 Å². The van der Waals surface area contributed by atoms with Crippen LogP contribution in [0.25, 0.3) is 0 Å². The quantitative estimate of drug-likeness (QED) is 0.488. The number of aromatic nitrogens is 2. The number of amides is 1. The fourth-order valence-corrected chi connectivity index (χ4v) is 3.03. The Morgan fingerprint density at radius 3 is 2.44 bits per heavy atom. The molecule has 0 atom stereocenters. The van der Waals surface area contributed by atoms with Crippen molar-refractivity contribution in [1.82, 2.24) is 9.78 Å². The average molecular weight is 432 g/mol. The smallest absolute Gasteiger partial charge is 0.278 e. The molecule has 0 unspecified atom stereocenters. The van der Waals surface area contributed by atoms with E-state index in [-0.39, 0.29) is 37.4 Å². The first-order chi connectivity index (χ1) is 15.6. The summed E-state index contributed by atoms with van der Waals surface area (Å²) in [6, 6.07) is 21.0. The van der Waals surface area contributed by atoms with E-state index in [0.717, 1.165) is 0 Å². The fraction of sp³-hybridized carbons (Fsp3) is 0.250. The van der Waals surface area contributed by atoms with Crippen molar-refractivity contribution in [2.45, 2.75) is 19.9 Å². The van der Waals surface area contributed by atoms with Crippen molar-refractivity contribution in [2.75, 3.05) is 24.7 Å². The zero-order valence-electron chi connectivity index (χ0n) is 17.8. The molecule has 3 rings (SSSR count). The van der Waals surface area contributed by atoms with E-state index in [9.17, 15) is 9.59 Å². The summed E-state index contributed by atoms with van der Waals surface area (Å²) in [4.78, 5) is 26.9. The number of ether oxygens (including phenoxy) is 2. The number of carbonyl (C=O) groups is 1. The van der Waals surface area contributed by atoms with Gasteiger partial charge < -0.3 is 14.4 Å². The van der Waals surface area contributed by atoms with Gasteiger partial charge in [-0.2, -0.15) is 10.4 Å². The van der Waals surface area contributed by atoms with Crippen molar-refractivity contribution in [1.29, 1.82) is 5.26 Å². The lowest BCUT2D eigenvalue weighted by Crippen LogP contribution is -2.35. The van der Waals surface area contributed by atoms with Crippen LogP contribution in [0.3, 0.4) is 0 Å². The first-order valence-corrected chi connectivity index (χ1v) is 10.3. The molecule has 0 radical (unpaired) electrons. The lowest BCUT2D eigenvalue weighted by molar-refractivity contribution is 0.0979. The zero-order valence-corrected chi connectivity index (χ0v) is 17.8. The van der Waals surface area contributed by atoms with Gasteiger partial charge in [0, 0.05) is 18.3 Å². The number of hydrogen-bond acceptors (Lipinski definition) is 6. The predicted molar refractivity (Wildman–Crippen MR) is 120 cm³/mol. The topological polar surface area (TPSA) is 97.5 Å². The van der Waals surface area contributed by atoms with Crippen molar-refractivity contribution in [3.8, 4) is 17.6 Å². The van der Waals surface area contributed by atoms with E-state index >= 15 is 0 Å². The van der Waals surface area contributed by atoms with Gasteiger partial charge >= 0.3 is 0 Å². The van der Waals surface area contributed by atoms with Crippen LogP contribution in [0.1, 0.15) is 23.8 Å². The minimum Gasteiger partial charge on any atom is -0.494 e. The lowest BCUT2D eigenvalue weighted by Gasteiger charge is -2.22. The number of anilines is 1. The molecule has 2 aromatic carbocycles. The molecule has 0 N–H and O–H groups in total. The Morgan fingerprint density at radius 1 is 1.03 bits per heavy atom. The van der Waals surface area contributed by atoms with Crippen LogP contribution in [0.15, 0.2) is 71.5 Å². The molecule has 8 nitrogen and oxygen atoms in total. The van der Waals surface area contributed by atoms with Gasteiger partial charge in [-0.15, -0.1) is 0 Å². The highest BCUT2D eigenvalue weighted by atomic mass is 16.5. The van der Waals surface area contributed by atoms with E-state index in [1.807, 2.05) is 37.3 Å². The van der Waals surface area contributed by atoms with Crippen LogP contribution in [-0.4, -0.2) is 35.4 Å². The summed E-state index contributed by atoms with van der Waals surface area (Å²) in [5.41, 5.74) is 0.389. The molecule has 1 aromatic heterocycles. The predicted octanol–water partition coefficient (Wildman–Crippen LogP) is 3.28. The summed E-state index contributed by atoms with van der Waals surface area (Å²) in [5.74, 6) is 0.974. The molecule has 0 saturated heterocycles. The molecule has 8 heteroatoms. The second kappa shape index (κ2) is 11.3. The summed E-state index contributed by atoms with van der Waals surface area (Å²) in [5, 5.41) is 13.2. The summed E-state index contributed by atoms with van der Waals surface area (Å²) in [6.07, 6.45) is 0.156. The number of rotatable bonds is 10. The Morgan fingerprint density at radius 2 is 1.75 bits per heavy atom. The first kappa shape index (κ1) is 22.6. The summed E-state index contributed by atoms with van der Waals surface area (Å²) in [6.45, 7) is 3.04. The van der Waals surface area contributed by atoms with Crippen LogP contribution in [0.2, 0.25) is 0 Å². The molecular weight excluding hydrogens is 408 g/mol. The summed E-state index contributed by atoms with van der Waals surface area (Å²) >= 11 is 0. The van der Waals surface area contributed by atoms with Crippen LogP contribution >= 0.6 is 0 Å². The highest BCUT2D eigenvalue weighted by Crippen LogP contribution is 2.21. The van der Waals surface area contributed by atoms with Gasteiger partial charge in [-0.1, -0.05) is 18.2 Å². The Balaban J connectivity index is 1.77. The van der Waals surface area contributed by atoms with Gasteiger partial charge in [0.15, 0.2) is 0 Å². The van der Waals surface area contributed by atoms with Crippen LogP contribution in [-0.2, 0) is 6.54 Å². The maximum Gasteiger partial charge on any atom is 0.278 e. The van der Waals surface area contributed by atoms with E-state index < -0.39 is 5.91 Å². The van der Waals surface area contributed by atoms with E-state index in [0.29, 0.717) is 23.8 Å². The standard InChI is InChI=1S/C24H24N4O4/c1-2-31-21-11-9-19(10-12-21)27(16-6-15-25)24(30)22-13-14-23(29)28(26-22)17-18-32-20-7-4-3-5-8-20/h3-5,7-14H,2,6,16-18H2,1H3. The Labute approximate surface area is 186 Å². The van der Waals surface area contributed by atoms with Gasteiger partial charge in [0.2, 0.25) is 0 Å². The Kier molecular flexibility index (Phi) is 7.98. The van der Waals surface area contributed by atoms with Gasteiger partial charge in [-0.25, -0.2) is 4.68 Å². The Hall–Kier alpha value is -4.12. The highest BCUT2D eigenvalue weighted by molar-refractivity contribution is 6.04. The van der Waals surface area contributed by atoms with Gasteiger partial charge in [-0.05, 0) is 49.4 Å². The second-order valence-electron chi connectivity index (χ2n) is 6.73. The molecule has 0 fully saturated rings. The van der Waals surface area contributed by atoms with Crippen molar-refractivity contribution < 1.29 is 14.3 Å². The molecule has 0 aliphatic heterocycles. The molecule has 0 saturated carbocycles. The van der Waals surface area contributed by atoms with E-state index in [2.05, 4.69) is 11.2 Å².